The van der Waals surface area contributed by atoms with Crippen LogP contribution in [0.1, 0.15) is 5.56 Å². The fraction of sp³-hybridized carbons (Fsp3) is 0.130. The number of anilines is 2. The van der Waals surface area contributed by atoms with Crippen molar-refractivity contribution in [1.29, 1.82) is 0 Å². The van der Waals surface area contributed by atoms with Crippen molar-refractivity contribution in [3.05, 3.63) is 76.8 Å². The number of fused-ring (bicyclic) bond motifs is 1. The fourth-order valence-corrected chi connectivity index (χ4v) is 3.73. The molecular weight excluding hydrogens is 449 g/mol. The van der Waals surface area contributed by atoms with Crippen LogP contribution in [0.2, 0.25) is 10.0 Å². The number of aromatic nitrogens is 3. The summed E-state index contributed by atoms with van der Waals surface area (Å²) in [6.07, 6.45) is 5.27. The predicted molar refractivity (Wildman–Crippen MR) is 126 cm³/mol. The van der Waals surface area contributed by atoms with E-state index in [0.717, 1.165) is 28.1 Å². The third kappa shape index (κ3) is 4.59. The highest BCUT2D eigenvalue weighted by molar-refractivity contribution is 6.32. The van der Waals surface area contributed by atoms with Crippen molar-refractivity contribution in [1.82, 2.24) is 15.0 Å². The molecular formula is C23H17Cl2N5O2. The summed E-state index contributed by atoms with van der Waals surface area (Å²) >= 11 is 12.4. The van der Waals surface area contributed by atoms with Crippen molar-refractivity contribution >= 4 is 51.5 Å². The Morgan fingerprint density at radius 1 is 1.03 bits per heavy atom. The van der Waals surface area contributed by atoms with Gasteiger partial charge in [0.05, 0.1) is 28.3 Å². The van der Waals surface area contributed by atoms with E-state index in [-0.39, 0.29) is 0 Å². The summed E-state index contributed by atoms with van der Waals surface area (Å²) < 4.78 is 11.3. The summed E-state index contributed by atoms with van der Waals surface area (Å²) in [5.41, 5.74) is 2.67. The Balaban J connectivity index is 1.39. The lowest BCUT2D eigenvalue weighted by atomic mass is 10.1. The van der Waals surface area contributed by atoms with Crippen LogP contribution in [0.15, 0.2) is 66.2 Å². The number of aliphatic imine (C=N–C) groups is 1. The van der Waals surface area contributed by atoms with Crippen LogP contribution in [-0.4, -0.2) is 34.0 Å². The largest absolute Gasteiger partial charge is 0.479 e. The van der Waals surface area contributed by atoms with Gasteiger partial charge in [0.2, 0.25) is 0 Å². The van der Waals surface area contributed by atoms with Crippen LogP contribution in [0.5, 0.6) is 11.5 Å². The van der Waals surface area contributed by atoms with Gasteiger partial charge in [0, 0.05) is 29.8 Å². The predicted octanol–water partition coefficient (Wildman–Crippen LogP) is 5.84. The number of ether oxygens (including phenoxy) is 2. The summed E-state index contributed by atoms with van der Waals surface area (Å²) in [5.74, 6) is 2.43. The van der Waals surface area contributed by atoms with Crippen molar-refractivity contribution in [2.45, 2.75) is 6.42 Å². The molecule has 0 saturated heterocycles. The van der Waals surface area contributed by atoms with E-state index < -0.39 is 0 Å². The van der Waals surface area contributed by atoms with E-state index in [1.807, 2.05) is 24.3 Å². The highest BCUT2D eigenvalue weighted by Crippen LogP contribution is 2.33. The van der Waals surface area contributed by atoms with Crippen LogP contribution in [0, 0.1) is 0 Å². The van der Waals surface area contributed by atoms with Gasteiger partial charge in [-0.25, -0.2) is 9.97 Å². The van der Waals surface area contributed by atoms with Crippen molar-refractivity contribution in [2.24, 2.45) is 4.99 Å². The minimum absolute atomic E-state index is 0.436. The summed E-state index contributed by atoms with van der Waals surface area (Å²) in [6.45, 7) is 1.36. The first kappa shape index (κ1) is 20.5. The normalized spacial score (nSPS) is 13.0. The third-order valence-corrected chi connectivity index (χ3v) is 5.31. The molecule has 3 heterocycles. The maximum absolute atomic E-state index is 6.45. The molecule has 7 nitrogen and oxygen atoms in total. The van der Waals surface area contributed by atoms with Gasteiger partial charge in [0.25, 0.3) is 0 Å². The molecule has 0 fully saturated rings. The smallest absolute Gasteiger partial charge is 0.187 e. The second-order valence-corrected chi connectivity index (χ2v) is 7.93. The molecule has 4 aromatic rings. The topological polar surface area (TPSA) is 81.5 Å². The number of hydrogen-bond donors (Lipinski definition) is 1. The van der Waals surface area contributed by atoms with Gasteiger partial charge in [-0.15, -0.1) is 0 Å². The Kier molecular flexibility index (Phi) is 5.75. The molecule has 0 radical (unpaired) electrons. The average molecular weight is 466 g/mol. The molecule has 1 aliphatic heterocycles. The van der Waals surface area contributed by atoms with Gasteiger partial charge in [-0.2, -0.15) is 0 Å². The molecule has 0 amide bonds. The van der Waals surface area contributed by atoms with Gasteiger partial charge >= 0.3 is 0 Å². The van der Waals surface area contributed by atoms with Gasteiger partial charge in [0.15, 0.2) is 5.90 Å². The number of pyridine rings is 1. The van der Waals surface area contributed by atoms with E-state index in [0.29, 0.717) is 46.9 Å². The van der Waals surface area contributed by atoms with Crippen LogP contribution in [-0.2, 0) is 11.2 Å². The molecule has 160 valence electrons. The SMILES string of the molecule is Clc1cncc(Oc2ccc(Nc3ncnc4ccc(CC5=NCCO5)cc34)cc2Cl)c1. The maximum atomic E-state index is 6.45. The van der Waals surface area contributed by atoms with E-state index in [1.165, 1.54) is 12.5 Å². The van der Waals surface area contributed by atoms with E-state index in [4.69, 9.17) is 32.7 Å². The lowest BCUT2D eigenvalue weighted by Gasteiger charge is -2.12. The van der Waals surface area contributed by atoms with E-state index in [9.17, 15) is 0 Å². The number of benzene rings is 2. The van der Waals surface area contributed by atoms with Crippen molar-refractivity contribution in [3.63, 3.8) is 0 Å². The zero-order chi connectivity index (χ0) is 21.9. The molecule has 0 saturated carbocycles. The van der Waals surface area contributed by atoms with E-state index >= 15 is 0 Å². The number of nitrogens with zero attached hydrogens (tertiary/aromatic N) is 4. The molecule has 2 aromatic heterocycles. The summed E-state index contributed by atoms with van der Waals surface area (Å²) in [7, 11) is 0. The fourth-order valence-electron chi connectivity index (χ4n) is 3.35. The van der Waals surface area contributed by atoms with Gasteiger partial charge in [0.1, 0.15) is 30.3 Å². The van der Waals surface area contributed by atoms with Crippen LogP contribution < -0.4 is 10.1 Å². The van der Waals surface area contributed by atoms with Gasteiger partial charge in [-0.1, -0.05) is 29.3 Å². The zero-order valence-corrected chi connectivity index (χ0v) is 18.3. The number of hydrogen-bond acceptors (Lipinski definition) is 7. The standard InChI is InChI=1S/C23H17Cl2N5O2/c24-15-9-17(12-26-11-15)32-21-4-2-16(10-19(21)25)30-23-18-7-14(8-22-27-5-6-31-22)1-3-20(18)28-13-29-23/h1-4,7,9-13H,5-6,8H2,(H,28,29,30). The minimum atomic E-state index is 0.436. The second kappa shape index (κ2) is 8.98. The summed E-state index contributed by atoms with van der Waals surface area (Å²) in [4.78, 5) is 17.2. The van der Waals surface area contributed by atoms with Crippen molar-refractivity contribution < 1.29 is 9.47 Å². The Morgan fingerprint density at radius 3 is 2.78 bits per heavy atom. The Labute approximate surface area is 194 Å². The van der Waals surface area contributed by atoms with Crippen LogP contribution in [0.3, 0.4) is 0 Å². The molecule has 2 aromatic carbocycles. The highest BCUT2D eigenvalue weighted by atomic mass is 35.5. The molecule has 0 bridgehead atoms. The molecule has 0 spiro atoms. The first-order valence-electron chi connectivity index (χ1n) is 9.89. The number of halogens is 2. The van der Waals surface area contributed by atoms with Crippen LogP contribution in [0.4, 0.5) is 11.5 Å². The monoisotopic (exact) mass is 465 g/mol. The molecule has 32 heavy (non-hydrogen) atoms. The second-order valence-electron chi connectivity index (χ2n) is 7.09. The molecule has 1 N–H and O–H groups in total. The first-order chi connectivity index (χ1) is 15.6. The lowest BCUT2D eigenvalue weighted by Crippen LogP contribution is -2.03. The average Bonchev–Trinajstić information content (AvgIpc) is 3.29. The van der Waals surface area contributed by atoms with E-state index in [2.05, 4.69) is 25.3 Å². The number of rotatable bonds is 6. The highest BCUT2D eigenvalue weighted by Gasteiger charge is 2.12. The Morgan fingerprint density at radius 2 is 1.97 bits per heavy atom. The maximum Gasteiger partial charge on any atom is 0.187 e. The third-order valence-electron chi connectivity index (χ3n) is 4.81. The Hall–Kier alpha value is -3.42. The molecule has 1 aliphatic rings. The summed E-state index contributed by atoms with van der Waals surface area (Å²) in [5, 5.41) is 5.14. The molecule has 0 atom stereocenters. The zero-order valence-electron chi connectivity index (χ0n) is 16.8. The Bertz CT molecular complexity index is 1330. The molecule has 0 aliphatic carbocycles. The summed E-state index contributed by atoms with van der Waals surface area (Å²) in [6, 6.07) is 13.1. The molecule has 9 heteroatoms. The number of nitrogens with one attached hydrogen (secondary N) is 1. The molecule has 5 rings (SSSR count). The quantitative estimate of drug-likeness (QED) is 0.385. The van der Waals surface area contributed by atoms with Crippen molar-refractivity contribution in [2.75, 3.05) is 18.5 Å². The van der Waals surface area contributed by atoms with Gasteiger partial charge in [-0.3, -0.25) is 9.98 Å². The van der Waals surface area contributed by atoms with Crippen LogP contribution in [0.25, 0.3) is 10.9 Å². The van der Waals surface area contributed by atoms with Gasteiger partial charge in [-0.05, 0) is 35.9 Å². The van der Waals surface area contributed by atoms with Crippen LogP contribution >= 0.6 is 23.2 Å². The van der Waals surface area contributed by atoms with Crippen molar-refractivity contribution in [3.8, 4) is 11.5 Å². The lowest BCUT2D eigenvalue weighted by molar-refractivity contribution is 0.341. The first-order valence-corrected chi connectivity index (χ1v) is 10.6. The van der Waals surface area contributed by atoms with E-state index in [1.54, 1.807) is 24.4 Å². The minimum Gasteiger partial charge on any atom is -0.479 e. The molecule has 0 unspecified atom stereocenters. The van der Waals surface area contributed by atoms with Gasteiger partial charge < -0.3 is 14.8 Å².